The van der Waals surface area contributed by atoms with Crippen LogP contribution in [-0.2, 0) is 6.42 Å². The predicted molar refractivity (Wildman–Crippen MR) is 61.8 cm³/mol. The Hall–Kier alpha value is -2.58. The van der Waals surface area contributed by atoms with Crippen LogP contribution in [-0.4, -0.2) is 47.0 Å². The molecule has 3 aromatic rings. The summed E-state index contributed by atoms with van der Waals surface area (Å²) in [6, 6.07) is 3.66. The molecule has 18 heavy (non-hydrogen) atoms. The first-order chi connectivity index (χ1) is 8.92. The number of aromatic nitrogens is 8. The molecule has 0 atom stereocenters. The van der Waals surface area contributed by atoms with Crippen molar-refractivity contribution in [3.8, 4) is 0 Å². The zero-order valence-electron chi connectivity index (χ0n) is 9.48. The minimum atomic E-state index is 0.627. The highest BCUT2D eigenvalue weighted by Gasteiger charge is 2.00. The van der Waals surface area contributed by atoms with E-state index in [1.165, 1.54) is 11.0 Å². The van der Waals surface area contributed by atoms with Gasteiger partial charge in [-0.1, -0.05) is 0 Å². The third-order valence-corrected chi connectivity index (χ3v) is 2.43. The van der Waals surface area contributed by atoms with E-state index < -0.39 is 0 Å². The minimum absolute atomic E-state index is 0.627. The summed E-state index contributed by atoms with van der Waals surface area (Å²) in [5, 5.41) is 25.1. The van der Waals surface area contributed by atoms with Crippen molar-refractivity contribution in [1.29, 1.82) is 0 Å². The van der Waals surface area contributed by atoms with Crippen molar-refractivity contribution < 1.29 is 0 Å². The van der Waals surface area contributed by atoms with Crippen LogP contribution in [0.1, 0.15) is 12.2 Å². The second-order valence-electron chi connectivity index (χ2n) is 3.71. The quantitative estimate of drug-likeness (QED) is 0.593. The molecule has 0 amide bonds. The lowest BCUT2D eigenvalue weighted by atomic mass is 10.3. The van der Waals surface area contributed by atoms with E-state index in [1.807, 2.05) is 12.1 Å². The number of fused-ring (bicyclic) bond motifs is 1. The molecule has 0 aliphatic rings. The van der Waals surface area contributed by atoms with Crippen LogP contribution in [0, 0.1) is 0 Å². The number of anilines is 1. The SMILES string of the molecule is c1n[nH]c(CCCNc2ccc3nnnn3n2)n1. The topological polar surface area (TPSA) is 110 Å². The molecule has 0 aliphatic heterocycles. The normalized spacial score (nSPS) is 10.9. The third-order valence-electron chi connectivity index (χ3n) is 2.43. The Morgan fingerprint density at radius 3 is 3.22 bits per heavy atom. The van der Waals surface area contributed by atoms with Gasteiger partial charge in [0, 0.05) is 13.0 Å². The Kier molecular flexibility index (Phi) is 2.78. The number of tetrazole rings is 1. The molecule has 0 unspecified atom stereocenters. The number of H-pyrrole nitrogens is 1. The van der Waals surface area contributed by atoms with E-state index in [4.69, 9.17) is 0 Å². The van der Waals surface area contributed by atoms with E-state index in [2.05, 4.69) is 41.1 Å². The van der Waals surface area contributed by atoms with Gasteiger partial charge >= 0.3 is 0 Å². The second kappa shape index (κ2) is 4.73. The van der Waals surface area contributed by atoms with E-state index >= 15 is 0 Å². The third kappa shape index (κ3) is 2.24. The van der Waals surface area contributed by atoms with E-state index in [0.717, 1.165) is 31.0 Å². The summed E-state index contributed by atoms with van der Waals surface area (Å²) in [6.45, 7) is 0.793. The molecule has 0 spiro atoms. The number of rotatable bonds is 5. The van der Waals surface area contributed by atoms with Gasteiger partial charge in [-0.25, -0.2) is 4.98 Å². The van der Waals surface area contributed by atoms with Crippen molar-refractivity contribution in [2.24, 2.45) is 0 Å². The van der Waals surface area contributed by atoms with E-state index in [-0.39, 0.29) is 0 Å². The van der Waals surface area contributed by atoms with Gasteiger partial charge in [-0.05, 0) is 29.0 Å². The van der Waals surface area contributed by atoms with Gasteiger partial charge in [0.05, 0.1) is 0 Å². The minimum Gasteiger partial charge on any atom is -0.369 e. The van der Waals surface area contributed by atoms with Gasteiger partial charge in [0.2, 0.25) is 0 Å². The molecule has 92 valence electrons. The zero-order chi connectivity index (χ0) is 12.2. The molecule has 9 heteroatoms. The van der Waals surface area contributed by atoms with E-state index in [9.17, 15) is 0 Å². The molecule has 3 heterocycles. The lowest BCUT2D eigenvalue weighted by molar-refractivity contribution is 0.730. The molecule has 0 radical (unpaired) electrons. The first-order valence-electron chi connectivity index (χ1n) is 5.55. The van der Waals surface area contributed by atoms with Crippen LogP contribution in [0.3, 0.4) is 0 Å². The maximum atomic E-state index is 4.20. The van der Waals surface area contributed by atoms with Crippen molar-refractivity contribution in [2.45, 2.75) is 12.8 Å². The zero-order valence-corrected chi connectivity index (χ0v) is 9.48. The van der Waals surface area contributed by atoms with Gasteiger partial charge in [0.25, 0.3) is 0 Å². The first-order valence-corrected chi connectivity index (χ1v) is 5.55. The number of aryl methyl sites for hydroxylation is 1. The predicted octanol–water partition coefficient (Wildman–Crippen LogP) is -0.318. The summed E-state index contributed by atoms with van der Waals surface area (Å²) in [5.74, 6) is 1.63. The highest BCUT2D eigenvalue weighted by molar-refractivity contribution is 5.41. The molecule has 3 rings (SSSR count). The second-order valence-corrected chi connectivity index (χ2v) is 3.71. The Balaban J connectivity index is 1.53. The van der Waals surface area contributed by atoms with E-state index in [0.29, 0.717) is 5.65 Å². The largest absolute Gasteiger partial charge is 0.369 e. The monoisotopic (exact) mass is 245 g/mol. The molecule has 9 nitrogen and oxygen atoms in total. The smallest absolute Gasteiger partial charge is 0.200 e. The molecule has 0 aliphatic carbocycles. The van der Waals surface area contributed by atoms with Crippen molar-refractivity contribution in [2.75, 3.05) is 11.9 Å². The fourth-order valence-corrected chi connectivity index (χ4v) is 1.57. The standard InChI is InChI=1S/C9H11N9/c1(2-7-11-6-12-13-7)5-10-8-3-4-9-14-16-17-18(9)15-8/h3-4,6H,1-2,5H2,(H,10,15)(H,11,12,13). The van der Waals surface area contributed by atoms with Crippen LogP contribution in [0.5, 0.6) is 0 Å². The lowest BCUT2D eigenvalue weighted by Gasteiger charge is -2.03. The lowest BCUT2D eigenvalue weighted by Crippen LogP contribution is -2.07. The molecular formula is C9H11N9. The Morgan fingerprint density at radius 2 is 2.33 bits per heavy atom. The fraction of sp³-hybridized carbons (Fsp3) is 0.333. The Bertz CT molecular complexity index is 614. The number of nitrogens with zero attached hydrogens (tertiary/aromatic N) is 7. The maximum Gasteiger partial charge on any atom is 0.200 e. The number of nitrogens with one attached hydrogen (secondary N) is 2. The Morgan fingerprint density at radius 1 is 1.33 bits per heavy atom. The summed E-state index contributed by atoms with van der Waals surface area (Å²) in [4.78, 5) is 4.05. The van der Waals surface area contributed by atoms with Gasteiger partial charge in [-0.2, -0.15) is 5.10 Å². The Labute approximate surface area is 102 Å². The van der Waals surface area contributed by atoms with Crippen LogP contribution in [0.25, 0.3) is 5.65 Å². The molecule has 0 aromatic carbocycles. The van der Waals surface area contributed by atoms with Crippen LogP contribution in [0.15, 0.2) is 18.5 Å². The van der Waals surface area contributed by atoms with Crippen LogP contribution in [0.4, 0.5) is 5.82 Å². The van der Waals surface area contributed by atoms with Crippen molar-refractivity contribution in [3.05, 3.63) is 24.3 Å². The summed E-state index contributed by atoms with van der Waals surface area (Å²) in [7, 11) is 0. The molecular weight excluding hydrogens is 234 g/mol. The van der Waals surface area contributed by atoms with Crippen molar-refractivity contribution in [3.63, 3.8) is 0 Å². The number of hydrogen-bond donors (Lipinski definition) is 2. The highest BCUT2D eigenvalue weighted by Crippen LogP contribution is 2.03. The van der Waals surface area contributed by atoms with Gasteiger partial charge in [-0.3, -0.25) is 5.10 Å². The molecule has 3 aromatic heterocycles. The van der Waals surface area contributed by atoms with Gasteiger partial charge in [-0.15, -0.1) is 14.8 Å². The van der Waals surface area contributed by atoms with Gasteiger partial charge < -0.3 is 5.32 Å². The fourth-order valence-electron chi connectivity index (χ4n) is 1.57. The van der Waals surface area contributed by atoms with Crippen molar-refractivity contribution in [1.82, 2.24) is 40.4 Å². The summed E-state index contributed by atoms with van der Waals surface area (Å²) in [5.41, 5.74) is 0.627. The first kappa shape index (κ1) is 10.6. The average Bonchev–Trinajstić information content (AvgIpc) is 3.05. The maximum absolute atomic E-state index is 4.20. The summed E-state index contributed by atoms with van der Waals surface area (Å²) >= 11 is 0. The molecule has 0 bridgehead atoms. The number of hydrogen-bond acceptors (Lipinski definition) is 7. The summed E-state index contributed by atoms with van der Waals surface area (Å²) in [6.07, 6.45) is 3.29. The van der Waals surface area contributed by atoms with Crippen LogP contribution in [0.2, 0.25) is 0 Å². The van der Waals surface area contributed by atoms with Crippen molar-refractivity contribution >= 4 is 11.5 Å². The van der Waals surface area contributed by atoms with Gasteiger partial charge in [0.15, 0.2) is 5.65 Å². The van der Waals surface area contributed by atoms with Crippen LogP contribution >= 0.6 is 0 Å². The summed E-state index contributed by atoms with van der Waals surface area (Å²) < 4.78 is 1.39. The van der Waals surface area contributed by atoms with Gasteiger partial charge in [0.1, 0.15) is 18.0 Å². The number of aromatic amines is 1. The average molecular weight is 245 g/mol. The molecule has 0 saturated carbocycles. The molecule has 0 saturated heterocycles. The molecule has 2 N–H and O–H groups in total. The van der Waals surface area contributed by atoms with E-state index in [1.54, 1.807) is 0 Å². The highest BCUT2D eigenvalue weighted by atomic mass is 15.6. The molecule has 0 fully saturated rings. The van der Waals surface area contributed by atoms with Crippen LogP contribution < -0.4 is 5.32 Å².